The summed E-state index contributed by atoms with van der Waals surface area (Å²) in [5, 5.41) is 4.05. The highest BCUT2D eigenvalue weighted by atomic mass is 79.9. The van der Waals surface area contributed by atoms with Gasteiger partial charge in [-0.25, -0.2) is 0 Å². The molecule has 1 N–H and O–H groups in total. The first kappa shape index (κ1) is 19.6. The molecule has 0 radical (unpaired) electrons. The summed E-state index contributed by atoms with van der Waals surface area (Å²) in [7, 11) is 3.97. The van der Waals surface area contributed by atoms with Gasteiger partial charge in [-0.15, -0.1) is 0 Å². The number of hydrogen-bond donors (Lipinski definition) is 1. The van der Waals surface area contributed by atoms with Gasteiger partial charge in [0.05, 0.1) is 0 Å². The SMILES string of the molecule is CN(C)Cc1c(C(=O)NCC(C)(C)c2ccc(Br)cc2)oc2ccccc12. The Morgan fingerprint density at radius 3 is 2.44 bits per heavy atom. The Kier molecular flexibility index (Phi) is 5.72. The Morgan fingerprint density at radius 2 is 1.78 bits per heavy atom. The molecule has 2 aromatic carbocycles. The first-order chi connectivity index (χ1) is 12.8. The van der Waals surface area contributed by atoms with E-state index >= 15 is 0 Å². The van der Waals surface area contributed by atoms with Crippen LogP contribution in [-0.4, -0.2) is 31.4 Å². The van der Waals surface area contributed by atoms with Crippen LogP contribution in [0.3, 0.4) is 0 Å². The Labute approximate surface area is 168 Å². The minimum atomic E-state index is -0.190. The van der Waals surface area contributed by atoms with Crippen molar-refractivity contribution >= 4 is 32.8 Å². The summed E-state index contributed by atoms with van der Waals surface area (Å²) in [6.07, 6.45) is 0. The van der Waals surface area contributed by atoms with Crippen LogP contribution in [0.5, 0.6) is 0 Å². The summed E-state index contributed by atoms with van der Waals surface area (Å²) in [4.78, 5) is 15.0. The maximum atomic E-state index is 12.9. The fourth-order valence-electron chi connectivity index (χ4n) is 3.14. The van der Waals surface area contributed by atoms with Crippen LogP contribution < -0.4 is 5.32 Å². The highest BCUT2D eigenvalue weighted by Gasteiger charge is 2.25. The van der Waals surface area contributed by atoms with Crippen LogP contribution in [0.15, 0.2) is 57.4 Å². The molecule has 0 aliphatic heterocycles. The van der Waals surface area contributed by atoms with Gasteiger partial charge < -0.3 is 14.6 Å². The van der Waals surface area contributed by atoms with E-state index in [1.165, 1.54) is 5.56 Å². The molecular weight excluding hydrogens is 404 g/mol. The molecule has 0 fully saturated rings. The van der Waals surface area contributed by atoms with Gasteiger partial charge in [0.2, 0.25) is 0 Å². The lowest BCUT2D eigenvalue weighted by Crippen LogP contribution is -2.37. The third-order valence-corrected chi connectivity index (χ3v) is 5.22. The predicted octanol–water partition coefficient (Wildman–Crippen LogP) is 4.96. The first-order valence-electron chi connectivity index (χ1n) is 8.97. The molecule has 0 saturated heterocycles. The summed E-state index contributed by atoms with van der Waals surface area (Å²) in [5.41, 5.74) is 2.65. The average Bonchev–Trinajstić information content (AvgIpc) is 2.98. The summed E-state index contributed by atoms with van der Waals surface area (Å²) >= 11 is 3.46. The van der Waals surface area contributed by atoms with Crippen molar-refractivity contribution in [3.63, 3.8) is 0 Å². The van der Waals surface area contributed by atoms with Crippen LogP contribution in [0.1, 0.15) is 35.5 Å². The number of benzene rings is 2. The zero-order valence-electron chi connectivity index (χ0n) is 16.2. The highest BCUT2D eigenvalue weighted by Crippen LogP contribution is 2.28. The van der Waals surface area contributed by atoms with Gasteiger partial charge in [-0.1, -0.05) is 60.1 Å². The van der Waals surface area contributed by atoms with E-state index in [2.05, 4.69) is 47.2 Å². The number of furan rings is 1. The number of carbonyl (C=O) groups is 1. The van der Waals surface area contributed by atoms with Crippen molar-refractivity contribution < 1.29 is 9.21 Å². The van der Waals surface area contributed by atoms with E-state index in [4.69, 9.17) is 4.42 Å². The van der Waals surface area contributed by atoms with Crippen LogP contribution in [0, 0.1) is 0 Å². The number of nitrogens with zero attached hydrogens (tertiary/aromatic N) is 1. The largest absolute Gasteiger partial charge is 0.451 e. The number of carbonyl (C=O) groups excluding carboxylic acids is 1. The van der Waals surface area contributed by atoms with Gasteiger partial charge in [-0.3, -0.25) is 4.79 Å². The van der Waals surface area contributed by atoms with Crippen LogP contribution >= 0.6 is 15.9 Å². The molecule has 3 aromatic rings. The Bertz CT molecular complexity index is 943. The third-order valence-electron chi connectivity index (χ3n) is 4.70. The maximum absolute atomic E-state index is 12.9. The lowest BCUT2D eigenvalue weighted by Gasteiger charge is -2.25. The van der Waals surface area contributed by atoms with Crippen molar-refractivity contribution in [2.45, 2.75) is 25.8 Å². The molecule has 27 heavy (non-hydrogen) atoms. The monoisotopic (exact) mass is 428 g/mol. The van der Waals surface area contributed by atoms with Crippen molar-refractivity contribution in [1.82, 2.24) is 10.2 Å². The molecule has 4 nitrogen and oxygen atoms in total. The molecule has 5 heteroatoms. The van der Waals surface area contributed by atoms with Crippen molar-refractivity contribution in [3.8, 4) is 0 Å². The van der Waals surface area contributed by atoms with E-state index in [9.17, 15) is 4.79 Å². The van der Waals surface area contributed by atoms with E-state index in [1.54, 1.807) is 0 Å². The molecule has 0 unspecified atom stereocenters. The van der Waals surface area contributed by atoms with Crippen LogP contribution in [0.25, 0.3) is 11.0 Å². The van der Waals surface area contributed by atoms with Crippen LogP contribution in [0.4, 0.5) is 0 Å². The standard InChI is InChI=1S/C22H25BrN2O2/c1-22(2,15-9-11-16(23)12-10-15)14-24-21(26)20-18(13-25(3)4)17-7-5-6-8-19(17)27-20/h5-12H,13-14H2,1-4H3,(H,24,26). The molecule has 0 aliphatic carbocycles. The van der Waals surface area contributed by atoms with Gasteiger partial charge in [0, 0.05) is 33.9 Å². The second kappa shape index (κ2) is 7.87. The van der Waals surface area contributed by atoms with Gasteiger partial charge in [0.1, 0.15) is 5.58 Å². The van der Waals surface area contributed by atoms with Crippen molar-refractivity contribution in [2.24, 2.45) is 0 Å². The number of fused-ring (bicyclic) bond motifs is 1. The summed E-state index contributed by atoms with van der Waals surface area (Å²) in [6.45, 7) is 5.41. The van der Waals surface area contributed by atoms with Crippen molar-refractivity contribution in [1.29, 1.82) is 0 Å². The lowest BCUT2D eigenvalue weighted by atomic mass is 9.84. The molecule has 0 saturated carbocycles. The first-order valence-corrected chi connectivity index (χ1v) is 9.76. The highest BCUT2D eigenvalue weighted by molar-refractivity contribution is 9.10. The summed E-state index contributed by atoms with van der Waals surface area (Å²) in [5.74, 6) is 0.227. The smallest absolute Gasteiger partial charge is 0.287 e. The normalized spacial score (nSPS) is 11.9. The van der Waals surface area contributed by atoms with E-state index in [0.29, 0.717) is 18.8 Å². The minimum absolute atomic E-state index is 0.173. The zero-order valence-corrected chi connectivity index (χ0v) is 17.8. The molecule has 1 amide bonds. The molecule has 142 valence electrons. The number of amides is 1. The molecule has 0 aliphatic rings. The molecule has 0 atom stereocenters. The molecule has 3 rings (SSSR count). The minimum Gasteiger partial charge on any atom is -0.451 e. The summed E-state index contributed by atoms with van der Waals surface area (Å²) in [6, 6.07) is 16.0. The Morgan fingerprint density at radius 1 is 1.11 bits per heavy atom. The molecule has 1 heterocycles. The molecular formula is C22H25BrN2O2. The molecule has 0 spiro atoms. The maximum Gasteiger partial charge on any atom is 0.287 e. The Balaban J connectivity index is 1.82. The van der Waals surface area contributed by atoms with Gasteiger partial charge in [-0.2, -0.15) is 0 Å². The van der Waals surface area contributed by atoms with E-state index in [-0.39, 0.29) is 11.3 Å². The topological polar surface area (TPSA) is 45.5 Å². The fourth-order valence-corrected chi connectivity index (χ4v) is 3.40. The van der Waals surface area contributed by atoms with Gasteiger partial charge in [0.15, 0.2) is 5.76 Å². The van der Waals surface area contributed by atoms with Gasteiger partial charge >= 0.3 is 0 Å². The van der Waals surface area contributed by atoms with Gasteiger partial charge in [-0.05, 0) is 37.9 Å². The second-order valence-electron chi connectivity index (χ2n) is 7.72. The van der Waals surface area contributed by atoms with Crippen molar-refractivity contribution in [3.05, 3.63) is 69.9 Å². The van der Waals surface area contributed by atoms with E-state index in [0.717, 1.165) is 21.0 Å². The second-order valence-corrected chi connectivity index (χ2v) is 8.63. The van der Waals surface area contributed by atoms with E-state index < -0.39 is 0 Å². The number of nitrogens with one attached hydrogen (secondary N) is 1. The van der Waals surface area contributed by atoms with Gasteiger partial charge in [0.25, 0.3) is 5.91 Å². The fraction of sp³-hybridized carbons (Fsp3) is 0.318. The number of rotatable bonds is 6. The average molecular weight is 429 g/mol. The predicted molar refractivity (Wildman–Crippen MR) is 113 cm³/mol. The zero-order chi connectivity index (χ0) is 19.6. The van der Waals surface area contributed by atoms with E-state index in [1.807, 2.05) is 55.4 Å². The molecule has 0 bridgehead atoms. The Hall–Kier alpha value is -2.11. The van der Waals surface area contributed by atoms with Crippen LogP contribution in [-0.2, 0) is 12.0 Å². The lowest BCUT2D eigenvalue weighted by molar-refractivity contribution is 0.0918. The number of hydrogen-bond acceptors (Lipinski definition) is 3. The summed E-state index contributed by atoms with van der Waals surface area (Å²) < 4.78 is 6.95. The van der Waals surface area contributed by atoms with Crippen LogP contribution in [0.2, 0.25) is 0 Å². The molecule has 1 aromatic heterocycles. The third kappa shape index (κ3) is 4.42. The number of halogens is 1. The number of para-hydroxylation sites is 1. The quantitative estimate of drug-likeness (QED) is 0.602. The van der Waals surface area contributed by atoms with Crippen molar-refractivity contribution in [2.75, 3.05) is 20.6 Å².